The molecule has 0 bridgehead atoms. The van der Waals surface area contributed by atoms with Gasteiger partial charge in [-0.25, -0.2) is 4.79 Å². The Morgan fingerprint density at radius 3 is 2.57 bits per heavy atom. The smallest absolute Gasteiger partial charge is 0.874 e. The Bertz CT molecular complexity index is 614. The monoisotopic (exact) mass is 340 g/mol. The first-order valence-electron chi connectivity index (χ1n) is 7.29. The van der Waals surface area contributed by atoms with Crippen molar-refractivity contribution in [3.63, 3.8) is 0 Å². The first-order valence-corrected chi connectivity index (χ1v) is 7.29. The first kappa shape index (κ1) is 18.5. The van der Waals surface area contributed by atoms with E-state index in [1.54, 1.807) is 0 Å². The van der Waals surface area contributed by atoms with Crippen molar-refractivity contribution < 1.29 is 70.8 Å². The van der Waals surface area contributed by atoms with E-state index in [9.17, 15) is 14.7 Å². The van der Waals surface area contributed by atoms with Crippen molar-refractivity contribution in [2.45, 2.75) is 25.5 Å². The molecule has 1 heterocycles. The van der Waals surface area contributed by atoms with Crippen molar-refractivity contribution >= 4 is 12.0 Å². The second kappa shape index (κ2) is 8.30. The van der Waals surface area contributed by atoms with Gasteiger partial charge in [0.1, 0.15) is 6.61 Å². The summed E-state index contributed by atoms with van der Waals surface area (Å²) in [4.78, 5) is 25.1. The normalized spacial score (nSPS) is 16.8. The van der Waals surface area contributed by atoms with E-state index in [0.29, 0.717) is 0 Å². The number of nitrogens with one attached hydrogen (secondary N) is 1. The molecule has 2 aliphatic rings. The van der Waals surface area contributed by atoms with Gasteiger partial charge in [-0.1, -0.05) is 30.3 Å². The number of carbonyl (C=O) groups excluding carboxylic acids is 2. The molecular formula is C16H17KN2O4. The molecule has 0 saturated heterocycles. The van der Waals surface area contributed by atoms with Gasteiger partial charge in [0.05, 0.1) is 6.54 Å². The van der Waals surface area contributed by atoms with Crippen LogP contribution in [-0.4, -0.2) is 36.0 Å². The minimum atomic E-state index is -0.577. The van der Waals surface area contributed by atoms with E-state index < -0.39 is 6.09 Å². The zero-order valence-corrected chi connectivity index (χ0v) is 16.2. The summed E-state index contributed by atoms with van der Waals surface area (Å²) >= 11 is 0. The summed E-state index contributed by atoms with van der Waals surface area (Å²) in [6.45, 7) is 0.0695. The Kier molecular flexibility index (Phi) is 6.67. The van der Waals surface area contributed by atoms with Crippen LogP contribution in [0.3, 0.4) is 0 Å². The summed E-state index contributed by atoms with van der Waals surface area (Å²) in [5, 5.41) is 14.6. The molecule has 7 heteroatoms. The van der Waals surface area contributed by atoms with Gasteiger partial charge in [0.2, 0.25) is 5.91 Å². The molecule has 1 N–H and O–H groups in total. The van der Waals surface area contributed by atoms with Crippen LogP contribution < -0.4 is 61.8 Å². The molecule has 1 fully saturated rings. The Labute approximate surface area is 177 Å². The minimum Gasteiger partial charge on any atom is -0.874 e. The van der Waals surface area contributed by atoms with Crippen molar-refractivity contribution in [3.05, 3.63) is 47.2 Å². The average molecular weight is 340 g/mol. The van der Waals surface area contributed by atoms with E-state index in [4.69, 9.17) is 4.74 Å². The van der Waals surface area contributed by atoms with Crippen LogP contribution in [0.25, 0.3) is 0 Å². The molecule has 0 atom stereocenters. The number of hydrogen-bond donors (Lipinski definition) is 1. The number of benzene rings is 1. The molecule has 1 aromatic rings. The van der Waals surface area contributed by atoms with Gasteiger partial charge in [-0.3, -0.25) is 4.79 Å². The molecule has 2 amide bonds. The molecule has 23 heavy (non-hydrogen) atoms. The van der Waals surface area contributed by atoms with Crippen LogP contribution >= 0.6 is 0 Å². The van der Waals surface area contributed by atoms with Crippen LogP contribution in [0.4, 0.5) is 4.79 Å². The van der Waals surface area contributed by atoms with Gasteiger partial charge in [-0.2, -0.15) is 0 Å². The summed E-state index contributed by atoms with van der Waals surface area (Å²) in [5.41, 5.74) is 1.01. The van der Waals surface area contributed by atoms with Gasteiger partial charge >= 0.3 is 57.5 Å². The quantitative estimate of drug-likeness (QED) is 0.616. The maximum Gasteiger partial charge on any atom is 1.00 e. The summed E-state index contributed by atoms with van der Waals surface area (Å²) in [6, 6.07) is 9.48. The molecule has 0 aromatic heterocycles. The molecular weight excluding hydrogens is 323 g/mol. The fourth-order valence-corrected chi connectivity index (χ4v) is 2.24. The number of nitrogens with zero attached hydrogens (tertiary/aromatic N) is 1. The number of ether oxygens (including phenoxy) is 1. The largest absolute Gasteiger partial charge is 1.00 e. The van der Waals surface area contributed by atoms with Crippen molar-refractivity contribution in [2.24, 2.45) is 0 Å². The fourth-order valence-electron chi connectivity index (χ4n) is 2.24. The van der Waals surface area contributed by atoms with Crippen molar-refractivity contribution in [2.75, 3.05) is 13.1 Å². The summed E-state index contributed by atoms with van der Waals surface area (Å²) in [7, 11) is 0. The molecule has 0 unspecified atom stereocenters. The summed E-state index contributed by atoms with van der Waals surface area (Å²) < 4.78 is 5.17. The Morgan fingerprint density at radius 2 is 1.91 bits per heavy atom. The molecule has 1 aromatic carbocycles. The van der Waals surface area contributed by atoms with Crippen LogP contribution in [0, 0.1) is 0 Å². The van der Waals surface area contributed by atoms with Crippen molar-refractivity contribution in [1.29, 1.82) is 0 Å². The molecule has 0 radical (unpaired) electrons. The van der Waals surface area contributed by atoms with E-state index in [1.807, 2.05) is 30.3 Å². The Morgan fingerprint density at radius 1 is 1.22 bits per heavy atom. The van der Waals surface area contributed by atoms with E-state index >= 15 is 0 Å². The molecule has 6 nitrogen and oxygen atoms in total. The Balaban J connectivity index is 0.00000192. The predicted octanol–water partition coefficient (Wildman–Crippen LogP) is -2.46. The SMILES string of the molecule is O=C(NC1CC1)C1=C([O-])CN(C(=O)OCc2ccccc2)C1.[K+]. The van der Waals surface area contributed by atoms with Crippen LogP contribution in [-0.2, 0) is 16.1 Å². The van der Waals surface area contributed by atoms with Gasteiger partial charge in [-0.05, 0) is 18.4 Å². The molecule has 1 aliphatic heterocycles. The summed E-state index contributed by atoms with van der Waals surface area (Å²) in [5.74, 6) is -0.666. The van der Waals surface area contributed by atoms with Crippen molar-refractivity contribution in [1.82, 2.24) is 10.2 Å². The fraction of sp³-hybridized carbons (Fsp3) is 0.375. The number of carbonyl (C=O) groups is 2. The van der Waals surface area contributed by atoms with Gasteiger partial charge in [0, 0.05) is 18.2 Å². The first-order chi connectivity index (χ1) is 10.6. The third-order valence-corrected chi connectivity index (χ3v) is 3.67. The van der Waals surface area contributed by atoms with E-state index in [-0.39, 0.29) is 94.4 Å². The van der Waals surface area contributed by atoms with Gasteiger partial charge in [0.25, 0.3) is 0 Å². The third kappa shape index (κ3) is 5.05. The average Bonchev–Trinajstić information content (AvgIpc) is 3.25. The topological polar surface area (TPSA) is 81.7 Å². The van der Waals surface area contributed by atoms with E-state index in [2.05, 4.69) is 5.32 Å². The van der Waals surface area contributed by atoms with E-state index in [0.717, 1.165) is 18.4 Å². The maximum absolute atomic E-state index is 12.0. The molecule has 0 spiro atoms. The van der Waals surface area contributed by atoms with Gasteiger partial charge < -0.3 is 20.1 Å². The van der Waals surface area contributed by atoms with Crippen LogP contribution in [0.1, 0.15) is 18.4 Å². The summed E-state index contributed by atoms with van der Waals surface area (Å²) in [6.07, 6.45) is 1.33. The standard InChI is InChI=1S/C16H18N2O4.K/c19-14-9-18(8-13(14)15(20)17-12-6-7-12)16(21)22-10-11-4-2-1-3-5-11;/h1-5,12,19H,6-10H2,(H,17,20);/q;+1/p-1. The van der Waals surface area contributed by atoms with Crippen LogP contribution in [0.5, 0.6) is 0 Å². The molecule has 116 valence electrons. The zero-order valence-electron chi connectivity index (χ0n) is 13.1. The predicted molar refractivity (Wildman–Crippen MR) is 76.4 cm³/mol. The molecule has 1 saturated carbocycles. The van der Waals surface area contributed by atoms with E-state index in [1.165, 1.54) is 4.90 Å². The second-order valence-corrected chi connectivity index (χ2v) is 5.55. The number of hydrogen-bond acceptors (Lipinski definition) is 4. The third-order valence-electron chi connectivity index (χ3n) is 3.67. The van der Waals surface area contributed by atoms with Gasteiger partial charge in [0.15, 0.2) is 0 Å². The number of amides is 2. The van der Waals surface area contributed by atoms with Crippen LogP contribution in [0.2, 0.25) is 0 Å². The van der Waals surface area contributed by atoms with Crippen LogP contribution in [0.15, 0.2) is 41.7 Å². The maximum atomic E-state index is 12.0. The Hall–Kier alpha value is -0.864. The molecule has 1 aliphatic carbocycles. The van der Waals surface area contributed by atoms with Crippen molar-refractivity contribution in [3.8, 4) is 0 Å². The minimum absolute atomic E-state index is 0. The molecule has 3 rings (SSSR count). The number of rotatable bonds is 4. The zero-order chi connectivity index (χ0) is 15.5. The van der Waals surface area contributed by atoms with Gasteiger partial charge in [-0.15, -0.1) is 5.76 Å². The second-order valence-electron chi connectivity index (χ2n) is 5.55.